The minimum atomic E-state index is -0.218. The molecule has 0 unspecified atom stereocenters. The number of anilines is 1. The highest BCUT2D eigenvalue weighted by Crippen LogP contribution is 2.24. The van der Waals surface area contributed by atoms with Gasteiger partial charge in [0.2, 0.25) is 5.91 Å². The Bertz CT molecular complexity index is 654. The zero-order chi connectivity index (χ0) is 16.1. The van der Waals surface area contributed by atoms with E-state index < -0.39 is 0 Å². The van der Waals surface area contributed by atoms with Gasteiger partial charge in [-0.25, -0.2) is 9.97 Å². The van der Waals surface area contributed by atoms with Gasteiger partial charge in [-0.3, -0.25) is 4.79 Å². The first-order valence-corrected chi connectivity index (χ1v) is 7.75. The van der Waals surface area contributed by atoms with Crippen molar-refractivity contribution < 1.29 is 4.79 Å². The number of carbonyl (C=O) groups excluding carboxylic acids is 1. The Kier molecular flexibility index (Phi) is 5.75. The van der Waals surface area contributed by atoms with Crippen molar-refractivity contribution in [2.75, 3.05) is 5.32 Å². The van der Waals surface area contributed by atoms with E-state index in [0.29, 0.717) is 27.3 Å². The lowest BCUT2D eigenvalue weighted by Gasteiger charge is -2.09. The van der Waals surface area contributed by atoms with Gasteiger partial charge in [0.1, 0.15) is 12.1 Å². The third-order valence-electron chi connectivity index (χ3n) is 3.01. The molecule has 2 rings (SSSR count). The van der Waals surface area contributed by atoms with E-state index in [9.17, 15) is 4.79 Å². The van der Waals surface area contributed by atoms with Crippen LogP contribution in [0.4, 0.5) is 5.82 Å². The second kappa shape index (κ2) is 7.56. The minimum absolute atomic E-state index is 0.0992. The quantitative estimate of drug-likeness (QED) is 0.890. The maximum absolute atomic E-state index is 12.1. The lowest BCUT2D eigenvalue weighted by molar-refractivity contribution is -0.115. The molecule has 0 aliphatic heterocycles. The van der Waals surface area contributed by atoms with Gasteiger partial charge in [0.25, 0.3) is 0 Å². The van der Waals surface area contributed by atoms with E-state index in [4.69, 9.17) is 23.2 Å². The molecule has 0 atom stereocenters. The predicted octanol–water partition coefficient (Wildman–Crippen LogP) is 4.16. The highest BCUT2D eigenvalue weighted by Gasteiger charge is 2.12. The molecule has 6 heteroatoms. The molecule has 0 fully saturated rings. The first kappa shape index (κ1) is 16.7. The summed E-state index contributed by atoms with van der Waals surface area (Å²) in [5.41, 5.74) is 1.51. The molecule has 0 saturated carbocycles. The summed E-state index contributed by atoms with van der Waals surface area (Å²) in [6.07, 6.45) is 2.39. The Morgan fingerprint density at radius 3 is 2.55 bits per heavy atom. The molecule has 1 aromatic carbocycles. The fourth-order valence-electron chi connectivity index (χ4n) is 2.04. The summed E-state index contributed by atoms with van der Waals surface area (Å²) in [7, 11) is 0. The highest BCUT2D eigenvalue weighted by atomic mass is 35.5. The van der Waals surface area contributed by atoms with Crippen molar-refractivity contribution in [3.63, 3.8) is 0 Å². The standard InChI is InChI=1S/C16H17Cl2N3O/c1-10(2)6-11-7-15(20-9-19-11)21-16(22)8-12-13(17)4-3-5-14(12)18/h3-5,7,9-10H,6,8H2,1-2H3,(H,19,20,21,22). The van der Waals surface area contributed by atoms with Crippen molar-refractivity contribution in [1.82, 2.24) is 9.97 Å². The molecule has 0 saturated heterocycles. The van der Waals surface area contributed by atoms with Gasteiger partial charge < -0.3 is 5.32 Å². The third-order valence-corrected chi connectivity index (χ3v) is 3.72. The molecular weight excluding hydrogens is 321 g/mol. The van der Waals surface area contributed by atoms with Crippen LogP contribution in [0.25, 0.3) is 0 Å². The molecule has 0 radical (unpaired) electrons. The first-order valence-electron chi connectivity index (χ1n) is 6.99. The minimum Gasteiger partial charge on any atom is -0.310 e. The number of rotatable bonds is 5. The molecule has 116 valence electrons. The maximum atomic E-state index is 12.1. The number of carbonyl (C=O) groups is 1. The fourth-order valence-corrected chi connectivity index (χ4v) is 2.58. The molecule has 1 amide bonds. The molecule has 0 bridgehead atoms. The third kappa shape index (κ3) is 4.68. The predicted molar refractivity (Wildman–Crippen MR) is 89.4 cm³/mol. The summed E-state index contributed by atoms with van der Waals surface area (Å²) < 4.78 is 0. The average molecular weight is 338 g/mol. The van der Waals surface area contributed by atoms with E-state index in [1.54, 1.807) is 24.3 Å². The van der Waals surface area contributed by atoms with Gasteiger partial charge in [-0.1, -0.05) is 43.1 Å². The Labute approximate surface area is 139 Å². The molecule has 4 nitrogen and oxygen atoms in total. The fraction of sp³-hybridized carbons (Fsp3) is 0.312. The van der Waals surface area contributed by atoms with Crippen LogP contribution in [0.15, 0.2) is 30.6 Å². The number of nitrogens with zero attached hydrogens (tertiary/aromatic N) is 2. The van der Waals surface area contributed by atoms with Crippen molar-refractivity contribution in [2.24, 2.45) is 5.92 Å². The van der Waals surface area contributed by atoms with Gasteiger partial charge >= 0.3 is 0 Å². The SMILES string of the molecule is CC(C)Cc1cc(NC(=O)Cc2c(Cl)cccc2Cl)ncn1. The average Bonchev–Trinajstić information content (AvgIpc) is 2.42. The second-order valence-corrected chi connectivity index (χ2v) is 6.23. The number of hydrogen-bond donors (Lipinski definition) is 1. The molecule has 0 spiro atoms. The molecule has 0 aliphatic carbocycles. The van der Waals surface area contributed by atoms with Crippen LogP contribution < -0.4 is 5.32 Å². The van der Waals surface area contributed by atoms with Crippen LogP contribution in [0.2, 0.25) is 10.0 Å². The number of hydrogen-bond acceptors (Lipinski definition) is 3. The van der Waals surface area contributed by atoms with Gasteiger partial charge in [-0.05, 0) is 30.0 Å². The second-order valence-electron chi connectivity index (χ2n) is 5.42. The molecule has 1 aromatic heterocycles. The van der Waals surface area contributed by atoms with Crippen molar-refractivity contribution in [1.29, 1.82) is 0 Å². The van der Waals surface area contributed by atoms with E-state index in [-0.39, 0.29) is 12.3 Å². The van der Waals surface area contributed by atoms with Gasteiger partial charge in [0.15, 0.2) is 0 Å². The van der Waals surface area contributed by atoms with Gasteiger partial charge in [-0.2, -0.15) is 0 Å². The number of halogens is 2. The summed E-state index contributed by atoms with van der Waals surface area (Å²) in [5.74, 6) is 0.753. The van der Waals surface area contributed by atoms with E-state index in [2.05, 4.69) is 29.1 Å². The first-order chi connectivity index (χ1) is 10.5. The number of nitrogens with one attached hydrogen (secondary N) is 1. The summed E-state index contributed by atoms with van der Waals surface area (Å²) in [5, 5.41) is 3.71. The summed E-state index contributed by atoms with van der Waals surface area (Å²) in [6.45, 7) is 4.22. The Hall–Kier alpha value is -1.65. The lowest BCUT2D eigenvalue weighted by Crippen LogP contribution is -2.16. The van der Waals surface area contributed by atoms with Crippen LogP contribution in [0, 0.1) is 5.92 Å². The summed E-state index contributed by atoms with van der Waals surface area (Å²) in [6, 6.07) is 6.95. The molecular formula is C16H17Cl2N3O. The molecule has 22 heavy (non-hydrogen) atoms. The van der Waals surface area contributed by atoms with Crippen LogP contribution in [0.5, 0.6) is 0 Å². The number of amides is 1. The van der Waals surface area contributed by atoms with Crippen molar-refractivity contribution >= 4 is 34.9 Å². The number of aromatic nitrogens is 2. The van der Waals surface area contributed by atoms with E-state index in [1.165, 1.54) is 6.33 Å². The topological polar surface area (TPSA) is 54.9 Å². The molecule has 0 aliphatic rings. The maximum Gasteiger partial charge on any atom is 0.230 e. The van der Waals surface area contributed by atoms with Crippen molar-refractivity contribution in [3.05, 3.63) is 51.9 Å². The normalized spacial score (nSPS) is 10.8. The smallest absolute Gasteiger partial charge is 0.230 e. The van der Waals surface area contributed by atoms with E-state index in [1.807, 2.05) is 0 Å². The zero-order valence-electron chi connectivity index (χ0n) is 12.4. The Balaban J connectivity index is 2.06. The van der Waals surface area contributed by atoms with Crippen LogP contribution in [0.3, 0.4) is 0 Å². The van der Waals surface area contributed by atoms with E-state index >= 15 is 0 Å². The monoisotopic (exact) mass is 337 g/mol. The van der Waals surface area contributed by atoms with Gasteiger partial charge in [-0.15, -0.1) is 0 Å². The Morgan fingerprint density at radius 1 is 1.23 bits per heavy atom. The summed E-state index contributed by atoms with van der Waals surface area (Å²) in [4.78, 5) is 20.4. The van der Waals surface area contributed by atoms with Crippen LogP contribution in [-0.2, 0) is 17.6 Å². The Morgan fingerprint density at radius 2 is 1.91 bits per heavy atom. The summed E-state index contributed by atoms with van der Waals surface area (Å²) >= 11 is 12.1. The van der Waals surface area contributed by atoms with Crippen LogP contribution >= 0.6 is 23.2 Å². The highest BCUT2D eigenvalue weighted by molar-refractivity contribution is 6.36. The lowest BCUT2D eigenvalue weighted by atomic mass is 10.1. The van der Waals surface area contributed by atoms with Crippen molar-refractivity contribution in [3.8, 4) is 0 Å². The van der Waals surface area contributed by atoms with E-state index in [0.717, 1.165) is 12.1 Å². The van der Waals surface area contributed by atoms with Crippen LogP contribution in [0.1, 0.15) is 25.1 Å². The van der Waals surface area contributed by atoms with Gasteiger partial charge in [0.05, 0.1) is 6.42 Å². The largest absolute Gasteiger partial charge is 0.310 e. The van der Waals surface area contributed by atoms with Crippen LogP contribution in [-0.4, -0.2) is 15.9 Å². The molecule has 1 N–H and O–H groups in total. The number of benzene rings is 1. The zero-order valence-corrected chi connectivity index (χ0v) is 13.9. The molecule has 2 aromatic rings. The molecule has 1 heterocycles. The van der Waals surface area contributed by atoms with Gasteiger partial charge in [0, 0.05) is 21.8 Å². The van der Waals surface area contributed by atoms with Crippen molar-refractivity contribution in [2.45, 2.75) is 26.7 Å².